The number of anilines is 1. The van der Waals surface area contributed by atoms with Crippen LogP contribution in [0.5, 0.6) is 0 Å². The van der Waals surface area contributed by atoms with Crippen LogP contribution in [-0.2, 0) is 16.4 Å². The molecule has 2 heterocycles. The minimum atomic E-state index is -3.59. The number of hydrogen-bond acceptors (Lipinski definition) is 6. The van der Waals surface area contributed by atoms with Gasteiger partial charge in [-0.15, -0.1) is 16.4 Å². The Hall–Kier alpha value is -1.51. The van der Waals surface area contributed by atoms with Gasteiger partial charge in [0.15, 0.2) is 5.82 Å². The number of hydrogen-bond donors (Lipinski definition) is 2. The Morgan fingerprint density at radius 3 is 2.76 bits per heavy atom. The molecule has 8 heteroatoms. The van der Waals surface area contributed by atoms with E-state index in [0.717, 1.165) is 17.8 Å². The average molecular weight is 326 g/mol. The lowest BCUT2D eigenvalue weighted by Crippen LogP contribution is -2.24. The molecule has 21 heavy (non-hydrogen) atoms. The fraction of sp³-hybridized carbons (Fsp3) is 0.385. The van der Waals surface area contributed by atoms with E-state index in [1.54, 1.807) is 18.2 Å². The van der Waals surface area contributed by atoms with E-state index in [-0.39, 0.29) is 10.0 Å². The third-order valence-electron chi connectivity index (χ3n) is 2.64. The Balaban J connectivity index is 2.02. The summed E-state index contributed by atoms with van der Waals surface area (Å²) in [5, 5.41) is 10.7. The maximum absolute atomic E-state index is 12.2. The molecule has 0 bridgehead atoms. The highest BCUT2D eigenvalue weighted by Crippen LogP contribution is 2.23. The zero-order valence-corrected chi connectivity index (χ0v) is 13.5. The second kappa shape index (κ2) is 6.97. The molecule has 0 fully saturated rings. The van der Waals surface area contributed by atoms with Crippen molar-refractivity contribution in [2.45, 2.75) is 30.5 Å². The molecule has 0 aromatic carbocycles. The number of nitrogens with one attached hydrogen (secondary N) is 2. The number of sulfonamides is 1. The van der Waals surface area contributed by atoms with Crippen LogP contribution in [0, 0.1) is 0 Å². The highest BCUT2D eigenvalue weighted by molar-refractivity contribution is 7.94. The number of rotatable bonds is 7. The van der Waals surface area contributed by atoms with Gasteiger partial charge in [-0.05, 0) is 30.7 Å². The molecule has 2 N–H and O–H groups in total. The molecule has 2 rings (SSSR count). The minimum absolute atomic E-state index is 0.217. The van der Waals surface area contributed by atoms with Gasteiger partial charge in [-0.1, -0.05) is 13.8 Å². The molecule has 2 aromatic rings. The van der Waals surface area contributed by atoms with E-state index in [1.807, 2.05) is 6.07 Å². The summed E-state index contributed by atoms with van der Waals surface area (Å²) >= 11 is 1.27. The number of nitrogens with zero attached hydrogens (tertiary/aromatic N) is 2. The van der Waals surface area contributed by atoms with Gasteiger partial charge in [0.05, 0.1) is 0 Å². The van der Waals surface area contributed by atoms with Gasteiger partial charge in [0, 0.05) is 23.7 Å². The predicted octanol–water partition coefficient (Wildman–Crippen LogP) is 1.88. The Kier molecular flexibility index (Phi) is 5.27. The van der Waals surface area contributed by atoms with Crippen molar-refractivity contribution in [3.05, 3.63) is 35.3 Å². The fourth-order valence-electron chi connectivity index (χ4n) is 1.67. The van der Waals surface area contributed by atoms with E-state index in [9.17, 15) is 8.42 Å². The number of thiophene rings is 1. The average Bonchev–Trinajstić information content (AvgIpc) is 2.88. The summed E-state index contributed by atoms with van der Waals surface area (Å²) in [5.41, 5.74) is 0. The van der Waals surface area contributed by atoms with Crippen LogP contribution in [0.1, 0.15) is 18.7 Å². The predicted molar refractivity (Wildman–Crippen MR) is 84.0 cm³/mol. The van der Waals surface area contributed by atoms with Gasteiger partial charge < -0.3 is 5.32 Å². The van der Waals surface area contributed by atoms with Crippen LogP contribution in [0.3, 0.4) is 0 Å². The Bertz CT molecular complexity index is 668. The van der Waals surface area contributed by atoms with E-state index in [2.05, 4.69) is 34.1 Å². The number of aromatic nitrogens is 2. The zero-order chi connectivity index (χ0) is 15.3. The smallest absolute Gasteiger partial charge is 0.272 e. The molecule has 114 valence electrons. The SMILES string of the molecule is CC(C)NCCc1ccc(S(=O)(=O)Nc2cccnn2)s1. The highest BCUT2D eigenvalue weighted by Gasteiger charge is 2.17. The van der Waals surface area contributed by atoms with Crippen LogP contribution in [0.25, 0.3) is 0 Å². The first-order chi connectivity index (χ1) is 9.97. The van der Waals surface area contributed by atoms with Gasteiger partial charge in [-0.25, -0.2) is 8.42 Å². The van der Waals surface area contributed by atoms with Crippen LogP contribution in [-0.4, -0.2) is 31.2 Å². The summed E-state index contributed by atoms with van der Waals surface area (Å²) in [5.74, 6) is 0.217. The molecule has 0 radical (unpaired) electrons. The lowest BCUT2D eigenvalue weighted by molar-refractivity contribution is 0.592. The van der Waals surface area contributed by atoms with Crippen LogP contribution >= 0.6 is 11.3 Å². The molecular formula is C13H18N4O2S2. The molecular weight excluding hydrogens is 308 g/mol. The third-order valence-corrected chi connectivity index (χ3v) is 5.63. The fourth-order valence-corrected chi connectivity index (χ4v) is 4.02. The van der Waals surface area contributed by atoms with E-state index in [4.69, 9.17) is 0 Å². The largest absolute Gasteiger partial charge is 0.314 e. The van der Waals surface area contributed by atoms with Crippen LogP contribution in [0.15, 0.2) is 34.7 Å². The van der Waals surface area contributed by atoms with Crippen molar-refractivity contribution in [2.75, 3.05) is 11.3 Å². The van der Waals surface area contributed by atoms with Crippen molar-refractivity contribution < 1.29 is 8.42 Å². The van der Waals surface area contributed by atoms with Crippen molar-refractivity contribution in [3.8, 4) is 0 Å². The van der Waals surface area contributed by atoms with Crippen LogP contribution in [0.4, 0.5) is 5.82 Å². The van der Waals surface area contributed by atoms with Gasteiger partial charge in [-0.2, -0.15) is 5.10 Å². The van der Waals surface area contributed by atoms with Gasteiger partial charge in [-0.3, -0.25) is 4.72 Å². The topological polar surface area (TPSA) is 84.0 Å². The van der Waals surface area contributed by atoms with E-state index in [0.29, 0.717) is 6.04 Å². The molecule has 0 aliphatic rings. The summed E-state index contributed by atoms with van der Waals surface area (Å²) < 4.78 is 27.1. The highest BCUT2D eigenvalue weighted by atomic mass is 32.2. The van der Waals surface area contributed by atoms with Crippen LogP contribution in [0.2, 0.25) is 0 Å². The second-order valence-electron chi connectivity index (χ2n) is 4.79. The van der Waals surface area contributed by atoms with Crippen molar-refractivity contribution >= 4 is 27.2 Å². The van der Waals surface area contributed by atoms with E-state index < -0.39 is 10.0 Å². The molecule has 0 saturated heterocycles. The van der Waals surface area contributed by atoms with Gasteiger partial charge in [0.1, 0.15) is 4.21 Å². The monoisotopic (exact) mass is 326 g/mol. The lowest BCUT2D eigenvalue weighted by atomic mass is 10.3. The van der Waals surface area contributed by atoms with Crippen LogP contribution < -0.4 is 10.0 Å². The van der Waals surface area contributed by atoms with Gasteiger partial charge in [0.2, 0.25) is 0 Å². The first kappa shape index (κ1) is 15.9. The van der Waals surface area contributed by atoms with Crippen molar-refractivity contribution in [1.29, 1.82) is 0 Å². The first-order valence-corrected chi connectivity index (χ1v) is 8.90. The molecule has 0 saturated carbocycles. The maximum Gasteiger partial charge on any atom is 0.272 e. The summed E-state index contributed by atoms with van der Waals surface area (Å²) in [4.78, 5) is 1.03. The summed E-state index contributed by atoms with van der Waals surface area (Å²) in [7, 11) is -3.59. The Morgan fingerprint density at radius 1 is 1.29 bits per heavy atom. The quantitative estimate of drug-likeness (QED) is 0.811. The second-order valence-corrected chi connectivity index (χ2v) is 7.87. The van der Waals surface area contributed by atoms with Crippen molar-refractivity contribution in [1.82, 2.24) is 15.5 Å². The molecule has 2 aromatic heterocycles. The molecule has 0 spiro atoms. The summed E-state index contributed by atoms with van der Waals surface area (Å²) in [6.45, 7) is 4.99. The van der Waals surface area contributed by atoms with Crippen molar-refractivity contribution in [2.24, 2.45) is 0 Å². The summed E-state index contributed by atoms with van der Waals surface area (Å²) in [6.07, 6.45) is 2.30. The molecule has 0 atom stereocenters. The zero-order valence-electron chi connectivity index (χ0n) is 11.9. The summed E-state index contributed by atoms with van der Waals surface area (Å²) in [6, 6.07) is 7.08. The molecule has 0 amide bonds. The van der Waals surface area contributed by atoms with Gasteiger partial charge in [0.25, 0.3) is 10.0 Å². The third kappa shape index (κ3) is 4.76. The molecule has 0 aliphatic carbocycles. The van der Waals surface area contributed by atoms with Crippen molar-refractivity contribution in [3.63, 3.8) is 0 Å². The maximum atomic E-state index is 12.2. The normalized spacial score (nSPS) is 11.8. The molecule has 0 aliphatic heterocycles. The van der Waals surface area contributed by atoms with E-state index >= 15 is 0 Å². The van der Waals surface area contributed by atoms with E-state index in [1.165, 1.54) is 17.5 Å². The Morgan fingerprint density at radius 2 is 2.10 bits per heavy atom. The Labute approximate surface area is 128 Å². The standard InChI is InChI=1S/C13H18N4O2S2/c1-10(2)14-9-7-11-5-6-13(20-11)21(18,19)17-12-4-3-8-15-16-12/h3-6,8,10,14H,7,9H2,1-2H3,(H,16,17). The first-order valence-electron chi connectivity index (χ1n) is 6.60. The molecule has 0 unspecified atom stereocenters. The lowest BCUT2D eigenvalue weighted by Gasteiger charge is -2.06. The van der Waals surface area contributed by atoms with Gasteiger partial charge >= 0.3 is 0 Å². The molecule has 6 nitrogen and oxygen atoms in total. The minimum Gasteiger partial charge on any atom is -0.314 e.